The molecule has 5 nitrogen and oxygen atoms in total. The molecule has 0 aliphatic rings. The van der Waals surface area contributed by atoms with Gasteiger partial charge in [0.1, 0.15) is 5.69 Å². The third-order valence-electron chi connectivity index (χ3n) is 2.63. The SMILES string of the molecule is COCc1ccc2cc(-c3ncccn3)nn2c1. The lowest BCUT2D eigenvalue weighted by atomic mass is 10.3. The standard InChI is InChI=1S/C13H12N4O/c1-18-9-10-3-4-11-7-12(16-17(11)8-10)13-14-5-2-6-15-13/h2-8H,9H2,1H3. The van der Waals surface area contributed by atoms with Crippen molar-refractivity contribution in [2.24, 2.45) is 0 Å². The number of ether oxygens (including phenoxy) is 1. The van der Waals surface area contributed by atoms with E-state index in [0.29, 0.717) is 12.4 Å². The summed E-state index contributed by atoms with van der Waals surface area (Å²) in [6, 6.07) is 7.78. The number of fused-ring (bicyclic) bond motifs is 1. The molecule has 0 radical (unpaired) electrons. The highest BCUT2D eigenvalue weighted by atomic mass is 16.5. The van der Waals surface area contributed by atoms with Gasteiger partial charge in [0.15, 0.2) is 5.82 Å². The number of hydrogen-bond donors (Lipinski definition) is 0. The van der Waals surface area contributed by atoms with E-state index < -0.39 is 0 Å². The summed E-state index contributed by atoms with van der Waals surface area (Å²) in [5, 5.41) is 4.46. The molecule has 5 heteroatoms. The van der Waals surface area contributed by atoms with Crippen LogP contribution < -0.4 is 0 Å². The van der Waals surface area contributed by atoms with Crippen molar-refractivity contribution < 1.29 is 4.74 Å². The van der Waals surface area contributed by atoms with Crippen molar-refractivity contribution in [3.8, 4) is 11.5 Å². The molecule has 0 unspecified atom stereocenters. The molecular formula is C13H12N4O. The minimum Gasteiger partial charge on any atom is -0.380 e. The van der Waals surface area contributed by atoms with Gasteiger partial charge in [0.2, 0.25) is 0 Å². The van der Waals surface area contributed by atoms with Gasteiger partial charge in [-0.3, -0.25) is 0 Å². The first-order valence-electron chi connectivity index (χ1n) is 5.61. The van der Waals surface area contributed by atoms with Crippen LogP contribution in [0, 0.1) is 0 Å². The molecule has 0 aliphatic carbocycles. The van der Waals surface area contributed by atoms with E-state index in [9.17, 15) is 0 Å². The van der Waals surface area contributed by atoms with Crippen LogP contribution in [0.5, 0.6) is 0 Å². The first-order valence-corrected chi connectivity index (χ1v) is 5.61. The Morgan fingerprint density at radius 2 is 2.06 bits per heavy atom. The van der Waals surface area contributed by atoms with Gasteiger partial charge in [-0.05, 0) is 23.8 Å². The van der Waals surface area contributed by atoms with E-state index in [-0.39, 0.29) is 0 Å². The smallest absolute Gasteiger partial charge is 0.180 e. The number of methoxy groups -OCH3 is 1. The van der Waals surface area contributed by atoms with Crippen molar-refractivity contribution in [1.29, 1.82) is 0 Å². The van der Waals surface area contributed by atoms with Crippen LogP contribution in [0.4, 0.5) is 0 Å². The monoisotopic (exact) mass is 240 g/mol. The Labute approximate surface area is 104 Å². The van der Waals surface area contributed by atoms with Crippen molar-refractivity contribution in [2.75, 3.05) is 7.11 Å². The van der Waals surface area contributed by atoms with Gasteiger partial charge in [0, 0.05) is 25.7 Å². The van der Waals surface area contributed by atoms with Crippen LogP contribution in [-0.2, 0) is 11.3 Å². The molecular weight excluding hydrogens is 228 g/mol. The van der Waals surface area contributed by atoms with Crippen molar-refractivity contribution in [2.45, 2.75) is 6.61 Å². The van der Waals surface area contributed by atoms with Crippen LogP contribution in [0.2, 0.25) is 0 Å². The summed E-state index contributed by atoms with van der Waals surface area (Å²) >= 11 is 0. The lowest BCUT2D eigenvalue weighted by Crippen LogP contribution is -1.93. The third kappa shape index (κ3) is 1.96. The minimum atomic E-state index is 0.576. The molecule has 0 amide bonds. The fraction of sp³-hybridized carbons (Fsp3) is 0.154. The van der Waals surface area contributed by atoms with E-state index in [1.807, 2.05) is 28.9 Å². The van der Waals surface area contributed by atoms with Crippen molar-refractivity contribution in [3.05, 3.63) is 48.4 Å². The Hall–Kier alpha value is -2.27. The molecule has 90 valence electrons. The second-order valence-electron chi connectivity index (χ2n) is 3.94. The first kappa shape index (κ1) is 10.9. The Morgan fingerprint density at radius 3 is 2.83 bits per heavy atom. The van der Waals surface area contributed by atoms with Crippen LogP contribution in [0.1, 0.15) is 5.56 Å². The molecule has 3 aromatic rings. The molecule has 0 saturated heterocycles. The minimum absolute atomic E-state index is 0.576. The fourth-order valence-electron chi connectivity index (χ4n) is 1.82. The van der Waals surface area contributed by atoms with Crippen LogP contribution >= 0.6 is 0 Å². The molecule has 0 spiro atoms. The van der Waals surface area contributed by atoms with E-state index in [4.69, 9.17) is 4.74 Å². The topological polar surface area (TPSA) is 52.3 Å². The quantitative estimate of drug-likeness (QED) is 0.702. The Balaban J connectivity index is 2.06. The molecule has 0 bridgehead atoms. The van der Waals surface area contributed by atoms with Crippen LogP contribution in [0.3, 0.4) is 0 Å². The molecule has 0 fully saturated rings. The van der Waals surface area contributed by atoms with E-state index in [1.165, 1.54) is 0 Å². The summed E-state index contributed by atoms with van der Waals surface area (Å²) in [5.74, 6) is 0.634. The van der Waals surface area contributed by atoms with Gasteiger partial charge in [-0.15, -0.1) is 0 Å². The summed E-state index contributed by atoms with van der Waals surface area (Å²) in [4.78, 5) is 8.38. The predicted molar refractivity (Wildman–Crippen MR) is 66.9 cm³/mol. The highest BCUT2D eigenvalue weighted by molar-refractivity contribution is 5.60. The normalized spacial score (nSPS) is 10.9. The molecule has 18 heavy (non-hydrogen) atoms. The second kappa shape index (κ2) is 4.54. The van der Waals surface area contributed by atoms with Gasteiger partial charge in [-0.2, -0.15) is 5.10 Å². The maximum atomic E-state index is 5.10. The van der Waals surface area contributed by atoms with Gasteiger partial charge >= 0.3 is 0 Å². The largest absolute Gasteiger partial charge is 0.380 e. The predicted octanol–water partition coefficient (Wildman–Crippen LogP) is 1.94. The van der Waals surface area contributed by atoms with E-state index >= 15 is 0 Å². The van der Waals surface area contributed by atoms with Crippen molar-refractivity contribution in [1.82, 2.24) is 19.6 Å². The van der Waals surface area contributed by atoms with Gasteiger partial charge in [-0.1, -0.05) is 6.07 Å². The zero-order valence-corrected chi connectivity index (χ0v) is 9.95. The highest BCUT2D eigenvalue weighted by Gasteiger charge is 2.06. The molecule has 3 aromatic heterocycles. The first-order chi connectivity index (χ1) is 8.86. The number of rotatable bonds is 3. The molecule has 3 rings (SSSR count). The Kier molecular flexibility index (Phi) is 2.74. The molecule has 0 aromatic carbocycles. The van der Waals surface area contributed by atoms with Gasteiger partial charge < -0.3 is 4.74 Å². The van der Waals surface area contributed by atoms with Crippen LogP contribution in [0.25, 0.3) is 17.0 Å². The summed E-state index contributed by atoms with van der Waals surface area (Å²) in [6.07, 6.45) is 5.37. The molecule has 3 heterocycles. The van der Waals surface area contributed by atoms with Crippen molar-refractivity contribution >= 4 is 5.52 Å². The molecule has 0 aliphatic heterocycles. The molecule has 0 atom stereocenters. The maximum absolute atomic E-state index is 5.10. The number of aromatic nitrogens is 4. The average molecular weight is 240 g/mol. The van der Waals surface area contributed by atoms with E-state index in [0.717, 1.165) is 16.8 Å². The summed E-state index contributed by atoms with van der Waals surface area (Å²) < 4.78 is 6.92. The summed E-state index contributed by atoms with van der Waals surface area (Å²) in [5.41, 5.74) is 2.86. The Bertz CT molecular complexity index is 663. The average Bonchev–Trinajstić information content (AvgIpc) is 2.83. The van der Waals surface area contributed by atoms with Gasteiger partial charge in [0.05, 0.1) is 12.1 Å². The zero-order valence-electron chi connectivity index (χ0n) is 9.95. The van der Waals surface area contributed by atoms with Crippen LogP contribution in [-0.4, -0.2) is 26.7 Å². The summed E-state index contributed by atoms with van der Waals surface area (Å²) in [6.45, 7) is 0.576. The number of nitrogens with zero attached hydrogens (tertiary/aromatic N) is 4. The Morgan fingerprint density at radius 1 is 1.22 bits per heavy atom. The highest BCUT2D eigenvalue weighted by Crippen LogP contribution is 2.16. The van der Waals surface area contributed by atoms with E-state index in [1.54, 1.807) is 25.6 Å². The van der Waals surface area contributed by atoms with Gasteiger partial charge in [0.25, 0.3) is 0 Å². The third-order valence-corrected chi connectivity index (χ3v) is 2.63. The number of pyridine rings is 1. The lowest BCUT2D eigenvalue weighted by Gasteiger charge is -1.99. The van der Waals surface area contributed by atoms with Crippen molar-refractivity contribution in [3.63, 3.8) is 0 Å². The fourth-order valence-corrected chi connectivity index (χ4v) is 1.82. The zero-order chi connectivity index (χ0) is 12.4. The maximum Gasteiger partial charge on any atom is 0.180 e. The van der Waals surface area contributed by atoms with E-state index in [2.05, 4.69) is 15.1 Å². The van der Waals surface area contributed by atoms with Crippen LogP contribution in [0.15, 0.2) is 42.9 Å². The molecule has 0 saturated carbocycles. The summed E-state index contributed by atoms with van der Waals surface area (Å²) in [7, 11) is 1.68. The van der Waals surface area contributed by atoms with Gasteiger partial charge in [-0.25, -0.2) is 14.5 Å². The lowest BCUT2D eigenvalue weighted by molar-refractivity contribution is 0.184. The number of hydrogen-bond acceptors (Lipinski definition) is 4. The molecule has 0 N–H and O–H groups in total. The second-order valence-corrected chi connectivity index (χ2v) is 3.94.